The van der Waals surface area contributed by atoms with E-state index in [0.717, 1.165) is 12.8 Å². The molecule has 0 aliphatic rings. The first kappa shape index (κ1) is 37.4. The molecule has 0 heterocycles. The maximum Gasteiger partial charge on any atom is 0.0405 e. The topological polar surface area (TPSA) is 0 Å². The lowest BCUT2D eigenvalue weighted by Crippen LogP contribution is -2.02. The minimum atomic E-state index is 0.251. The standard InChI is InChI=1S/C54H46S2/c1-3-51(49-37-45(39-23-11-5-12-24-39)35-47(41-27-15-7-16-28-41)53(49)43-31-19-9-20-32-43)55-56-52(4-2)50-38-46(40-25-13-6-14-26-40)36-48(42-29-17-8-18-30-42)54(50)44-33-21-10-22-34-44/h5-38,51-52H,3-4H2,1-2H3/t51-,52-/m1/s1. The molecule has 0 fully saturated rings. The number of hydrogen-bond donors (Lipinski definition) is 0. The summed E-state index contributed by atoms with van der Waals surface area (Å²) in [6.45, 7) is 4.70. The molecular weight excluding hydrogens is 713 g/mol. The van der Waals surface area contributed by atoms with Crippen LogP contribution in [0.3, 0.4) is 0 Å². The van der Waals surface area contributed by atoms with Crippen LogP contribution in [0.5, 0.6) is 0 Å². The highest BCUT2D eigenvalue weighted by atomic mass is 33.1. The van der Waals surface area contributed by atoms with Crippen LogP contribution in [-0.2, 0) is 0 Å². The van der Waals surface area contributed by atoms with E-state index < -0.39 is 0 Å². The van der Waals surface area contributed by atoms with Gasteiger partial charge in [-0.05, 0) is 115 Å². The van der Waals surface area contributed by atoms with Crippen molar-refractivity contribution < 1.29 is 0 Å². The zero-order chi connectivity index (χ0) is 38.1. The van der Waals surface area contributed by atoms with E-state index in [0.29, 0.717) is 0 Å². The molecule has 0 radical (unpaired) electrons. The highest BCUT2D eigenvalue weighted by Gasteiger charge is 2.26. The van der Waals surface area contributed by atoms with Crippen LogP contribution in [0.15, 0.2) is 206 Å². The van der Waals surface area contributed by atoms with Gasteiger partial charge in [-0.2, -0.15) is 0 Å². The van der Waals surface area contributed by atoms with Gasteiger partial charge >= 0.3 is 0 Å². The smallest absolute Gasteiger partial charge is 0.0405 e. The molecule has 0 bridgehead atoms. The normalized spacial score (nSPS) is 12.2. The van der Waals surface area contributed by atoms with Gasteiger partial charge in [0.2, 0.25) is 0 Å². The van der Waals surface area contributed by atoms with Gasteiger partial charge in [0.1, 0.15) is 0 Å². The second-order valence-electron chi connectivity index (χ2n) is 14.2. The third kappa shape index (κ3) is 8.19. The van der Waals surface area contributed by atoms with E-state index >= 15 is 0 Å². The summed E-state index contributed by atoms with van der Waals surface area (Å²) in [6.07, 6.45) is 2.01. The summed E-state index contributed by atoms with van der Waals surface area (Å²) < 4.78 is 0. The Bertz CT molecular complexity index is 2280. The Kier molecular flexibility index (Phi) is 12.0. The van der Waals surface area contributed by atoms with E-state index in [-0.39, 0.29) is 10.5 Å². The molecule has 8 aromatic rings. The minimum Gasteiger partial charge on any atom is -0.0853 e. The molecule has 0 amide bonds. The molecule has 0 N–H and O–H groups in total. The van der Waals surface area contributed by atoms with Crippen molar-refractivity contribution in [2.75, 3.05) is 0 Å². The summed E-state index contributed by atoms with van der Waals surface area (Å²) in [7, 11) is 4.09. The second-order valence-corrected chi connectivity index (χ2v) is 16.8. The molecule has 0 aromatic heterocycles. The summed E-state index contributed by atoms with van der Waals surface area (Å²) in [5, 5.41) is 0.503. The van der Waals surface area contributed by atoms with E-state index in [9.17, 15) is 0 Å². The van der Waals surface area contributed by atoms with Crippen LogP contribution >= 0.6 is 21.6 Å². The van der Waals surface area contributed by atoms with Gasteiger partial charge in [-0.3, -0.25) is 0 Å². The van der Waals surface area contributed by atoms with Crippen molar-refractivity contribution in [2.45, 2.75) is 37.2 Å². The monoisotopic (exact) mass is 758 g/mol. The molecule has 0 aliphatic heterocycles. The fourth-order valence-corrected chi connectivity index (χ4v) is 11.2. The predicted octanol–water partition coefficient (Wildman–Crippen LogP) is 16.7. The van der Waals surface area contributed by atoms with E-state index in [1.54, 1.807) is 0 Å². The summed E-state index contributed by atoms with van der Waals surface area (Å²) >= 11 is 0. The summed E-state index contributed by atoms with van der Waals surface area (Å²) in [4.78, 5) is 0. The van der Waals surface area contributed by atoms with E-state index in [4.69, 9.17) is 0 Å². The van der Waals surface area contributed by atoms with E-state index in [1.807, 2.05) is 21.6 Å². The van der Waals surface area contributed by atoms with Crippen molar-refractivity contribution in [3.63, 3.8) is 0 Å². The molecule has 8 aromatic carbocycles. The zero-order valence-electron chi connectivity index (χ0n) is 32.0. The number of benzene rings is 8. The maximum absolute atomic E-state index is 2.48. The third-order valence-corrected chi connectivity index (χ3v) is 14.0. The van der Waals surface area contributed by atoms with Crippen molar-refractivity contribution in [1.29, 1.82) is 0 Å². The average molecular weight is 759 g/mol. The lowest BCUT2D eigenvalue weighted by atomic mass is 9.85. The molecule has 0 nitrogen and oxygen atoms in total. The fraction of sp³-hybridized carbons (Fsp3) is 0.111. The quantitative estimate of drug-likeness (QED) is 0.107. The number of rotatable bonds is 13. The van der Waals surface area contributed by atoms with Crippen LogP contribution in [-0.4, -0.2) is 0 Å². The van der Waals surface area contributed by atoms with Crippen LogP contribution in [0, 0.1) is 0 Å². The molecule has 0 aliphatic carbocycles. The van der Waals surface area contributed by atoms with Gasteiger partial charge in [-0.1, -0.05) is 217 Å². The molecule has 2 atom stereocenters. The van der Waals surface area contributed by atoms with Crippen LogP contribution in [0.25, 0.3) is 66.8 Å². The van der Waals surface area contributed by atoms with Crippen LogP contribution in [0.4, 0.5) is 0 Å². The van der Waals surface area contributed by atoms with Crippen LogP contribution in [0.2, 0.25) is 0 Å². The SMILES string of the molecule is CC[C@@H](SS[C@H](CC)c1cc(-c2ccccc2)cc(-c2ccccc2)c1-c1ccccc1)c1cc(-c2ccccc2)cc(-c2ccccc2)c1-c1ccccc1. The van der Waals surface area contributed by atoms with E-state index in [2.05, 4.69) is 220 Å². The Morgan fingerprint density at radius 2 is 0.571 bits per heavy atom. The van der Waals surface area contributed by atoms with Crippen molar-refractivity contribution in [1.82, 2.24) is 0 Å². The molecule has 0 saturated heterocycles. The van der Waals surface area contributed by atoms with Crippen molar-refractivity contribution in [3.8, 4) is 66.8 Å². The van der Waals surface area contributed by atoms with Crippen molar-refractivity contribution in [2.24, 2.45) is 0 Å². The van der Waals surface area contributed by atoms with E-state index in [1.165, 1.54) is 77.9 Å². The summed E-state index contributed by atoms with van der Waals surface area (Å²) in [6, 6.07) is 75.4. The molecule has 0 unspecified atom stereocenters. The highest BCUT2D eigenvalue weighted by molar-refractivity contribution is 8.76. The molecule has 56 heavy (non-hydrogen) atoms. The van der Waals surface area contributed by atoms with Gasteiger partial charge in [0.15, 0.2) is 0 Å². The molecule has 2 heteroatoms. The summed E-state index contributed by atoms with van der Waals surface area (Å²) in [5.41, 5.74) is 18.0. The fourth-order valence-electron chi connectivity index (χ4n) is 7.79. The molecular formula is C54H46S2. The van der Waals surface area contributed by atoms with Gasteiger partial charge < -0.3 is 0 Å². The predicted molar refractivity (Wildman–Crippen MR) is 247 cm³/mol. The largest absolute Gasteiger partial charge is 0.0853 e. The first-order valence-corrected chi connectivity index (χ1v) is 22.0. The zero-order valence-corrected chi connectivity index (χ0v) is 33.6. The van der Waals surface area contributed by atoms with Crippen LogP contribution in [0.1, 0.15) is 48.3 Å². The Labute approximate surface area is 341 Å². The average Bonchev–Trinajstić information content (AvgIpc) is 3.29. The summed E-state index contributed by atoms with van der Waals surface area (Å²) in [5.74, 6) is 0. The Hall–Kier alpha value is -5.54. The highest BCUT2D eigenvalue weighted by Crippen LogP contribution is 2.55. The lowest BCUT2D eigenvalue weighted by Gasteiger charge is -2.27. The van der Waals surface area contributed by atoms with Gasteiger partial charge in [-0.25, -0.2) is 0 Å². The first-order valence-electron chi connectivity index (χ1n) is 19.7. The molecule has 0 spiro atoms. The van der Waals surface area contributed by atoms with Gasteiger partial charge in [-0.15, -0.1) is 0 Å². The third-order valence-electron chi connectivity index (χ3n) is 10.6. The Balaban J connectivity index is 1.28. The van der Waals surface area contributed by atoms with Crippen LogP contribution < -0.4 is 0 Å². The second kappa shape index (κ2) is 17.9. The van der Waals surface area contributed by atoms with Gasteiger partial charge in [0, 0.05) is 10.5 Å². The van der Waals surface area contributed by atoms with Gasteiger partial charge in [0.25, 0.3) is 0 Å². The Morgan fingerprint density at radius 3 is 0.857 bits per heavy atom. The molecule has 274 valence electrons. The Morgan fingerprint density at radius 1 is 0.304 bits per heavy atom. The first-order chi connectivity index (χ1) is 27.7. The number of hydrogen-bond acceptors (Lipinski definition) is 2. The van der Waals surface area contributed by atoms with Gasteiger partial charge in [0.05, 0.1) is 0 Å². The maximum atomic E-state index is 2.48. The molecule has 8 rings (SSSR count). The molecule has 0 saturated carbocycles. The lowest BCUT2D eigenvalue weighted by molar-refractivity contribution is 0.895. The van der Waals surface area contributed by atoms with Crippen molar-refractivity contribution in [3.05, 3.63) is 217 Å². The van der Waals surface area contributed by atoms with Crippen molar-refractivity contribution >= 4 is 21.6 Å². The minimum absolute atomic E-state index is 0.251.